The maximum absolute atomic E-state index is 12.9. The number of carbonyl (C=O) groups excluding carboxylic acids is 2. The van der Waals surface area contributed by atoms with Crippen molar-refractivity contribution in [1.82, 2.24) is 15.1 Å². The summed E-state index contributed by atoms with van der Waals surface area (Å²) in [4.78, 5) is 28.4. The van der Waals surface area contributed by atoms with Crippen LogP contribution in [-0.4, -0.2) is 48.9 Å². The number of benzene rings is 2. The first-order valence-electron chi connectivity index (χ1n) is 9.44. The first kappa shape index (κ1) is 19.0. The Morgan fingerprint density at radius 3 is 2.67 bits per heavy atom. The number of nitrogens with one attached hydrogen (secondary N) is 1. The van der Waals surface area contributed by atoms with Gasteiger partial charge in [0.2, 0.25) is 0 Å². The Morgan fingerprint density at radius 1 is 1.15 bits per heavy atom. The van der Waals surface area contributed by atoms with Gasteiger partial charge in [-0.1, -0.05) is 42.5 Å². The molecule has 3 amide bonds. The predicted molar refractivity (Wildman–Crippen MR) is 107 cm³/mol. The van der Waals surface area contributed by atoms with E-state index in [0.717, 1.165) is 30.5 Å². The molecule has 1 aliphatic heterocycles. The highest BCUT2D eigenvalue weighted by Gasteiger charge is 2.25. The molecule has 1 heterocycles. The van der Waals surface area contributed by atoms with Gasteiger partial charge in [0, 0.05) is 45.2 Å². The molecule has 1 unspecified atom stereocenters. The lowest BCUT2D eigenvalue weighted by molar-refractivity contribution is 0.0785. The Bertz CT molecular complexity index is 791. The smallest absolute Gasteiger partial charge is 0.317 e. The van der Waals surface area contributed by atoms with E-state index in [-0.39, 0.29) is 17.9 Å². The van der Waals surface area contributed by atoms with Crippen LogP contribution in [0.4, 0.5) is 4.79 Å². The average molecular weight is 365 g/mol. The molecule has 5 nitrogen and oxygen atoms in total. The van der Waals surface area contributed by atoms with Gasteiger partial charge in [-0.15, -0.1) is 0 Å². The summed E-state index contributed by atoms with van der Waals surface area (Å²) in [5, 5.41) is 2.70. The Kier molecular flexibility index (Phi) is 6.12. The maximum Gasteiger partial charge on any atom is 0.317 e. The zero-order valence-electron chi connectivity index (χ0n) is 16.0. The van der Waals surface area contributed by atoms with Gasteiger partial charge in [-0.3, -0.25) is 4.79 Å². The highest BCUT2D eigenvalue weighted by molar-refractivity contribution is 5.94. The first-order valence-corrected chi connectivity index (χ1v) is 9.44. The molecule has 1 atom stereocenters. The lowest BCUT2D eigenvalue weighted by Crippen LogP contribution is -2.43. The van der Waals surface area contributed by atoms with Crippen molar-refractivity contribution < 1.29 is 9.59 Å². The molecule has 1 aliphatic rings. The second kappa shape index (κ2) is 8.71. The first-order chi connectivity index (χ1) is 13.1. The van der Waals surface area contributed by atoms with Crippen LogP contribution in [0.3, 0.4) is 0 Å². The van der Waals surface area contributed by atoms with Crippen LogP contribution in [-0.2, 0) is 6.54 Å². The molecule has 0 bridgehead atoms. The molecule has 0 aromatic heterocycles. The summed E-state index contributed by atoms with van der Waals surface area (Å²) in [5.74, 6) is 0.280. The number of likely N-dealkylation sites (tertiary alicyclic amines) is 1. The van der Waals surface area contributed by atoms with E-state index in [0.29, 0.717) is 18.7 Å². The number of rotatable bonds is 4. The predicted octanol–water partition coefficient (Wildman–Crippen LogP) is 3.48. The van der Waals surface area contributed by atoms with Crippen molar-refractivity contribution in [2.75, 3.05) is 27.2 Å². The number of nitrogens with zero attached hydrogens (tertiary/aromatic N) is 2. The molecule has 1 N–H and O–H groups in total. The fourth-order valence-corrected chi connectivity index (χ4v) is 3.67. The fourth-order valence-electron chi connectivity index (χ4n) is 3.67. The molecule has 1 saturated heterocycles. The Labute approximate surface area is 161 Å². The van der Waals surface area contributed by atoms with E-state index in [1.54, 1.807) is 11.9 Å². The Morgan fingerprint density at radius 2 is 1.93 bits per heavy atom. The quantitative estimate of drug-likeness (QED) is 0.902. The van der Waals surface area contributed by atoms with Crippen LogP contribution < -0.4 is 5.32 Å². The summed E-state index contributed by atoms with van der Waals surface area (Å²) in [7, 11) is 3.49. The summed E-state index contributed by atoms with van der Waals surface area (Å²) in [6, 6.07) is 17.8. The van der Waals surface area contributed by atoms with Crippen molar-refractivity contribution in [3.05, 3.63) is 71.3 Å². The van der Waals surface area contributed by atoms with Crippen molar-refractivity contribution in [1.29, 1.82) is 0 Å². The molecule has 27 heavy (non-hydrogen) atoms. The SMILES string of the molecule is CNC(=O)N1CCCC(c2cccc(C(=O)N(C)Cc3ccccc3)c2)C1. The van der Waals surface area contributed by atoms with Crippen molar-refractivity contribution >= 4 is 11.9 Å². The van der Waals surface area contributed by atoms with Crippen LogP contribution >= 0.6 is 0 Å². The lowest BCUT2D eigenvalue weighted by atomic mass is 9.89. The van der Waals surface area contributed by atoms with Gasteiger partial charge < -0.3 is 15.1 Å². The van der Waals surface area contributed by atoms with Crippen LogP contribution in [0.2, 0.25) is 0 Å². The minimum Gasteiger partial charge on any atom is -0.341 e. The minimum atomic E-state index is -0.0328. The summed E-state index contributed by atoms with van der Waals surface area (Å²) in [6.07, 6.45) is 2.01. The molecule has 1 fully saturated rings. The summed E-state index contributed by atoms with van der Waals surface area (Å²) in [6.45, 7) is 2.06. The van der Waals surface area contributed by atoms with Crippen LogP contribution in [0.5, 0.6) is 0 Å². The molecular weight excluding hydrogens is 338 g/mol. The van der Waals surface area contributed by atoms with Gasteiger partial charge in [-0.2, -0.15) is 0 Å². The molecule has 0 saturated carbocycles. The largest absolute Gasteiger partial charge is 0.341 e. The highest BCUT2D eigenvalue weighted by atomic mass is 16.2. The van der Waals surface area contributed by atoms with E-state index in [1.807, 2.05) is 60.5 Å². The van der Waals surface area contributed by atoms with Gasteiger partial charge in [0.15, 0.2) is 0 Å². The third-order valence-corrected chi connectivity index (χ3v) is 5.14. The third-order valence-electron chi connectivity index (χ3n) is 5.14. The summed E-state index contributed by atoms with van der Waals surface area (Å²) < 4.78 is 0. The third kappa shape index (κ3) is 4.67. The van der Waals surface area contributed by atoms with Gasteiger partial charge in [-0.05, 0) is 36.1 Å². The fraction of sp³-hybridized carbons (Fsp3) is 0.364. The van der Waals surface area contributed by atoms with Crippen molar-refractivity contribution in [3.8, 4) is 0 Å². The molecule has 0 radical (unpaired) electrons. The molecule has 0 aliphatic carbocycles. The molecule has 2 aromatic rings. The summed E-state index contributed by atoms with van der Waals surface area (Å²) in [5.41, 5.74) is 2.93. The Hall–Kier alpha value is -2.82. The average Bonchev–Trinajstić information content (AvgIpc) is 2.73. The zero-order valence-corrected chi connectivity index (χ0v) is 16.0. The van der Waals surface area contributed by atoms with Crippen molar-refractivity contribution in [3.63, 3.8) is 0 Å². The molecule has 3 rings (SSSR count). The van der Waals surface area contributed by atoms with Gasteiger partial charge >= 0.3 is 6.03 Å². The van der Waals surface area contributed by atoms with Crippen molar-refractivity contribution in [2.24, 2.45) is 0 Å². The summed E-state index contributed by atoms with van der Waals surface area (Å²) >= 11 is 0. The van der Waals surface area contributed by atoms with E-state index >= 15 is 0 Å². The van der Waals surface area contributed by atoms with Crippen LogP contribution in [0.15, 0.2) is 54.6 Å². The number of piperidine rings is 1. The number of urea groups is 1. The topological polar surface area (TPSA) is 52.7 Å². The van der Waals surface area contributed by atoms with E-state index in [1.165, 1.54) is 0 Å². The number of hydrogen-bond acceptors (Lipinski definition) is 2. The van der Waals surface area contributed by atoms with E-state index in [9.17, 15) is 9.59 Å². The standard InChI is InChI=1S/C22H27N3O2/c1-23-22(27)25-13-7-12-20(16-25)18-10-6-11-19(14-18)21(26)24(2)15-17-8-4-3-5-9-17/h3-6,8-11,14,20H,7,12-13,15-16H2,1-2H3,(H,23,27). The maximum atomic E-state index is 12.9. The number of hydrogen-bond donors (Lipinski definition) is 1. The van der Waals surface area contributed by atoms with Gasteiger partial charge in [-0.25, -0.2) is 4.79 Å². The Balaban J connectivity index is 1.71. The second-order valence-corrected chi connectivity index (χ2v) is 7.11. The van der Waals surface area contributed by atoms with Crippen LogP contribution in [0, 0.1) is 0 Å². The highest BCUT2D eigenvalue weighted by Crippen LogP contribution is 2.27. The normalized spacial score (nSPS) is 16.7. The molecule has 2 aromatic carbocycles. The lowest BCUT2D eigenvalue weighted by Gasteiger charge is -2.32. The van der Waals surface area contributed by atoms with Gasteiger partial charge in [0.05, 0.1) is 0 Å². The second-order valence-electron chi connectivity index (χ2n) is 7.11. The number of amides is 3. The number of carbonyl (C=O) groups is 2. The van der Waals surface area contributed by atoms with Crippen LogP contribution in [0.1, 0.15) is 40.2 Å². The van der Waals surface area contributed by atoms with Crippen LogP contribution in [0.25, 0.3) is 0 Å². The monoisotopic (exact) mass is 365 g/mol. The van der Waals surface area contributed by atoms with Gasteiger partial charge in [0.25, 0.3) is 5.91 Å². The molecular formula is C22H27N3O2. The van der Waals surface area contributed by atoms with E-state index in [4.69, 9.17) is 0 Å². The van der Waals surface area contributed by atoms with E-state index in [2.05, 4.69) is 11.4 Å². The van der Waals surface area contributed by atoms with E-state index < -0.39 is 0 Å². The molecule has 5 heteroatoms. The minimum absolute atomic E-state index is 0.0136. The van der Waals surface area contributed by atoms with Gasteiger partial charge in [0.1, 0.15) is 0 Å². The van der Waals surface area contributed by atoms with Crippen molar-refractivity contribution in [2.45, 2.75) is 25.3 Å². The zero-order chi connectivity index (χ0) is 19.2. The molecule has 0 spiro atoms. The molecule has 142 valence electrons.